The fourth-order valence-electron chi connectivity index (χ4n) is 1.55. The smallest absolute Gasteiger partial charge is 0.261 e. The van der Waals surface area contributed by atoms with Crippen LogP contribution < -0.4 is 0 Å². The molecule has 0 saturated heterocycles. The molecular weight excluding hydrogens is 347 g/mol. The zero-order chi connectivity index (χ0) is 14.8. The average molecular weight is 359 g/mol. The van der Waals surface area contributed by atoms with Crippen LogP contribution in [-0.4, -0.2) is 8.42 Å². The van der Waals surface area contributed by atoms with E-state index in [1.54, 1.807) is 18.2 Å². The lowest BCUT2D eigenvalue weighted by atomic mass is 10.2. The van der Waals surface area contributed by atoms with E-state index in [9.17, 15) is 12.8 Å². The van der Waals surface area contributed by atoms with Crippen LogP contribution in [-0.2, 0) is 20.9 Å². The maximum Gasteiger partial charge on any atom is 0.297 e. The lowest BCUT2D eigenvalue weighted by Crippen LogP contribution is -2.07. The summed E-state index contributed by atoms with van der Waals surface area (Å²) in [7, 11) is -3.88. The molecule has 0 bridgehead atoms. The van der Waals surface area contributed by atoms with Gasteiger partial charge in [-0.25, -0.2) is 4.39 Å². The van der Waals surface area contributed by atoms with E-state index in [0.29, 0.717) is 4.47 Å². The second kappa shape index (κ2) is 6.03. The van der Waals surface area contributed by atoms with Crippen molar-refractivity contribution in [1.82, 2.24) is 0 Å². The van der Waals surface area contributed by atoms with Crippen LogP contribution in [0.15, 0.2) is 51.8 Å². The van der Waals surface area contributed by atoms with Crippen molar-refractivity contribution in [2.45, 2.75) is 18.4 Å². The maximum absolute atomic E-state index is 13.6. The number of benzene rings is 2. The normalized spacial score (nSPS) is 11.6. The molecule has 0 saturated carbocycles. The molecule has 0 N–H and O–H groups in total. The van der Waals surface area contributed by atoms with Gasteiger partial charge in [-0.3, -0.25) is 4.18 Å². The van der Waals surface area contributed by atoms with Crippen LogP contribution in [0.3, 0.4) is 0 Å². The fourth-order valence-corrected chi connectivity index (χ4v) is 2.77. The van der Waals surface area contributed by atoms with Crippen LogP contribution in [0.25, 0.3) is 0 Å². The second-order valence-electron chi connectivity index (χ2n) is 4.27. The molecule has 0 aliphatic carbocycles. The van der Waals surface area contributed by atoms with E-state index in [0.717, 1.165) is 5.56 Å². The zero-order valence-corrected chi connectivity index (χ0v) is 13.0. The number of aryl methyl sites for hydroxylation is 1. The average Bonchev–Trinajstić information content (AvgIpc) is 2.38. The summed E-state index contributed by atoms with van der Waals surface area (Å²) in [6.45, 7) is 1.52. The Bertz CT molecular complexity index is 712. The van der Waals surface area contributed by atoms with Gasteiger partial charge in [-0.05, 0) is 31.2 Å². The van der Waals surface area contributed by atoms with Gasteiger partial charge in [0, 0.05) is 10.0 Å². The van der Waals surface area contributed by atoms with Gasteiger partial charge in [0.15, 0.2) is 0 Å². The molecule has 0 aromatic heterocycles. The Balaban J connectivity index is 2.15. The van der Waals surface area contributed by atoms with Crippen LogP contribution in [0.5, 0.6) is 0 Å². The molecule has 2 aromatic carbocycles. The lowest BCUT2D eigenvalue weighted by Gasteiger charge is -2.07. The van der Waals surface area contributed by atoms with Gasteiger partial charge in [0.2, 0.25) is 0 Å². The van der Waals surface area contributed by atoms with E-state index in [2.05, 4.69) is 15.9 Å². The van der Waals surface area contributed by atoms with Gasteiger partial charge in [-0.15, -0.1) is 0 Å². The van der Waals surface area contributed by atoms with Crippen molar-refractivity contribution in [2.24, 2.45) is 0 Å². The molecule has 0 aliphatic rings. The van der Waals surface area contributed by atoms with Crippen molar-refractivity contribution in [3.8, 4) is 0 Å². The molecule has 0 atom stereocenters. The van der Waals surface area contributed by atoms with Crippen molar-refractivity contribution in [1.29, 1.82) is 0 Å². The third-order valence-corrected chi connectivity index (χ3v) is 4.47. The Morgan fingerprint density at radius 1 is 1.15 bits per heavy atom. The van der Waals surface area contributed by atoms with Crippen molar-refractivity contribution >= 4 is 26.0 Å². The highest BCUT2D eigenvalue weighted by atomic mass is 79.9. The predicted octanol–water partition coefficient (Wildman–Crippen LogP) is 3.80. The van der Waals surface area contributed by atoms with Gasteiger partial charge in [0.25, 0.3) is 10.1 Å². The van der Waals surface area contributed by atoms with Gasteiger partial charge < -0.3 is 0 Å². The van der Waals surface area contributed by atoms with E-state index < -0.39 is 15.9 Å². The summed E-state index contributed by atoms with van der Waals surface area (Å²) in [5, 5.41) is 0. The molecule has 0 unspecified atom stereocenters. The second-order valence-corrected chi connectivity index (χ2v) is 6.80. The fraction of sp³-hybridized carbons (Fsp3) is 0.143. The number of halogens is 2. The van der Waals surface area contributed by atoms with E-state index in [1.807, 2.05) is 6.92 Å². The number of hydrogen-bond acceptors (Lipinski definition) is 3. The molecule has 6 heteroatoms. The van der Waals surface area contributed by atoms with Crippen molar-refractivity contribution in [2.75, 3.05) is 0 Å². The topological polar surface area (TPSA) is 43.4 Å². The summed E-state index contributed by atoms with van der Waals surface area (Å²) in [6.07, 6.45) is 0. The van der Waals surface area contributed by atoms with Crippen LogP contribution >= 0.6 is 15.9 Å². The van der Waals surface area contributed by atoms with Crippen LogP contribution in [0.2, 0.25) is 0 Å². The molecular formula is C14H12BrFO3S. The SMILES string of the molecule is Cc1ccc(S(=O)(=O)OCc2ccc(Br)cc2F)cc1. The molecule has 106 valence electrons. The van der Waals surface area contributed by atoms with Gasteiger partial charge >= 0.3 is 0 Å². The van der Waals surface area contributed by atoms with Gasteiger partial charge in [-0.1, -0.05) is 39.7 Å². The molecule has 20 heavy (non-hydrogen) atoms. The maximum atomic E-state index is 13.6. The molecule has 0 radical (unpaired) electrons. The molecule has 0 spiro atoms. The standard InChI is InChI=1S/C14H12BrFO3S/c1-10-2-6-13(7-3-10)20(17,18)19-9-11-4-5-12(15)8-14(11)16/h2-8H,9H2,1H3. The Morgan fingerprint density at radius 3 is 2.40 bits per heavy atom. The molecule has 0 aliphatic heterocycles. The van der Waals surface area contributed by atoms with Gasteiger partial charge in [0.05, 0.1) is 11.5 Å². The summed E-state index contributed by atoms with van der Waals surface area (Å²) in [5.74, 6) is -0.515. The summed E-state index contributed by atoms with van der Waals surface area (Å²) >= 11 is 3.13. The predicted molar refractivity (Wildman–Crippen MR) is 77.3 cm³/mol. The van der Waals surface area contributed by atoms with E-state index >= 15 is 0 Å². The van der Waals surface area contributed by atoms with Crippen molar-refractivity contribution < 1.29 is 17.0 Å². The number of hydrogen-bond donors (Lipinski definition) is 0. The summed E-state index contributed by atoms with van der Waals surface area (Å²) in [5.41, 5.74) is 1.13. The first-order chi connectivity index (χ1) is 9.38. The highest BCUT2D eigenvalue weighted by Gasteiger charge is 2.16. The Labute approximate surface area is 125 Å². The van der Waals surface area contributed by atoms with Crippen molar-refractivity contribution in [3.63, 3.8) is 0 Å². The molecule has 3 nitrogen and oxygen atoms in total. The van der Waals surface area contributed by atoms with Crippen LogP contribution in [0.4, 0.5) is 4.39 Å². The van der Waals surface area contributed by atoms with E-state index in [-0.39, 0.29) is 17.1 Å². The van der Waals surface area contributed by atoms with E-state index in [1.165, 1.54) is 24.3 Å². The third-order valence-electron chi connectivity index (χ3n) is 2.69. The molecule has 2 rings (SSSR count). The van der Waals surface area contributed by atoms with Gasteiger partial charge in [-0.2, -0.15) is 8.42 Å². The minimum atomic E-state index is -3.88. The highest BCUT2D eigenvalue weighted by Crippen LogP contribution is 2.19. The largest absolute Gasteiger partial charge is 0.297 e. The van der Waals surface area contributed by atoms with Crippen LogP contribution in [0, 0.1) is 12.7 Å². The first kappa shape index (κ1) is 15.2. The molecule has 0 amide bonds. The third kappa shape index (κ3) is 3.65. The first-order valence-electron chi connectivity index (χ1n) is 5.78. The minimum absolute atomic E-state index is 0.0561. The summed E-state index contributed by atoms with van der Waals surface area (Å²) in [4.78, 5) is 0.0561. The van der Waals surface area contributed by atoms with Crippen LogP contribution in [0.1, 0.15) is 11.1 Å². The number of rotatable bonds is 4. The first-order valence-corrected chi connectivity index (χ1v) is 7.98. The van der Waals surface area contributed by atoms with Crippen molar-refractivity contribution in [3.05, 3.63) is 63.9 Å². The monoisotopic (exact) mass is 358 g/mol. The van der Waals surface area contributed by atoms with E-state index in [4.69, 9.17) is 4.18 Å². The molecule has 0 heterocycles. The van der Waals surface area contributed by atoms with Gasteiger partial charge in [0.1, 0.15) is 5.82 Å². The Hall–Kier alpha value is -1.24. The summed E-state index contributed by atoms with van der Waals surface area (Å²) in [6, 6.07) is 10.6. The Morgan fingerprint density at radius 2 is 1.80 bits per heavy atom. The zero-order valence-electron chi connectivity index (χ0n) is 10.6. The molecule has 2 aromatic rings. The quantitative estimate of drug-likeness (QED) is 0.780. The molecule has 0 fully saturated rings. The lowest BCUT2D eigenvalue weighted by molar-refractivity contribution is 0.302. The minimum Gasteiger partial charge on any atom is -0.261 e. The summed E-state index contributed by atoms with van der Waals surface area (Å²) < 4.78 is 42.9. The Kier molecular flexibility index (Phi) is 4.57. The highest BCUT2D eigenvalue weighted by molar-refractivity contribution is 9.10.